The molecule has 1 aromatic heterocycles. The predicted octanol–water partition coefficient (Wildman–Crippen LogP) is 1.20. The van der Waals surface area contributed by atoms with Gasteiger partial charge in [-0.1, -0.05) is 0 Å². The first-order valence-corrected chi connectivity index (χ1v) is 6.64. The van der Waals surface area contributed by atoms with Crippen LogP contribution >= 0.6 is 0 Å². The second-order valence-electron chi connectivity index (χ2n) is 4.64. The van der Waals surface area contributed by atoms with E-state index in [4.69, 9.17) is 15.2 Å². The van der Waals surface area contributed by atoms with Gasteiger partial charge in [0, 0.05) is 24.7 Å². The van der Waals surface area contributed by atoms with Crippen LogP contribution in [0.1, 0.15) is 18.1 Å². The predicted molar refractivity (Wildman–Crippen MR) is 82.8 cm³/mol. The lowest BCUT2D eigenvalue weighted by Gasteiger charge is -2.10. The third-order valence-corrected chi connectivity index (χ3v) is 3.00. The largest absolute Gasteiger partial charge is 0.481 e. The van der Waals surface area contributed by atoms with E-state index in [2.05, 4.69) is 31.7 Å². The van der Waals surface area contributed by atoms with E-state index in [1.54, 1.807) is 6.33 Å². The van der Waals surface area contributed by atoms with Crippen molar-refractivity contribution in [3.63, 3.8) is 0 Å². The van der Waals surface area contributed by atoms with Crippen molar-refractivity contribution in [1.29, 1.82) is 5.26 Å². The summed E-state index contributed by atoms with van der Waals surface area (Å²) in [6.45, 7) is 4.68. The van der Waals surface area contributed by atoms with Gasteiger partial charge < -0.3 is 20.7 Å². The van der Waals surface area contributed by atoms with Crippen LogP contribution in [0, 0.1) is 18.3 Å². The van der Waals surface area contributed by atoms with Crippen molar-refractivity contribution in [2.45, 2.75) is 13.8 Å². The fraction of sp³-hybridized carbons (Fsp3) is 0.286. The van der Waals surface area contributed by atoms with E-state index in [1.807, 2.05) is 13.0 Å². The molecule has 114 valence electrons. The molecule has 0 fully saturated rings. The highest BCUT2D eigenvalue weighted by Gasteiger charge is 2.13. The smallest absolute Gasteiger partial charge is 0.300 e. The molecule has 0 radical (unpaired) electrons. The Labute approximate surface area is 126 Å². The maximum atomic E-state index is 9.16. The number of nitriles is 1. The molecule has 22 heavy (non-hydrogen) atoms. The van der Waals surface area contributed by atoms with E-state index in [1.165, 1.54) is 0 Å². The summed E-state index contributed by atoms with van der Waals surface area (Å²) in [5.74, 6) is -0.0862. The van der Waals surface area contributed by atoms with Gasteiger partial charge in [-0.3, -0.25) is 9.79 Å². The number of hydrogen-bond acceptors (Lipinski definition) is 6. The van der Waals surface area contributed by atoms with Gasteiger partial charge in [0.25, 0.3) is 5.97 Å². The molecule has 0 unspecified atom stereocenters. The number of hydrogen-bond donors (Lipinski definition) is 4. The molecule has 4 N–H and O–H groups in total. The molecule has 0 atom stereocenters. The molecule has 0 saturated carbocycles. The fourth-order valence-corrected chi connectivity index (χ4v) is 2.06. The maximum Gasteiger partial charge on any atom is 0.300 e. The molecule has 8 heteroatoms. The summed E-state index contributed by atoms with van der Waals surface area (Å²) in [6, 6.07) is 3.99. The number of carbonyl (C=O) groups is 1. The van der Waals surface area contributed by atoms with E-state index in [0.717, 1.165) is 48.3 Å². The van der Waals surface area contributed by atoms with Crippen LogP contribution in [0.5, 0.6) is 0 Å². The minimum atomic E-state index is -0.833. The molecule has 2 aromatic rings. The second-order valence-corrected chi connectivity index (χ2v) is 4.64. The van der Waals surface area contributed by atoms with Crippen molar-refractivity contribution < 1.29 is 9.90 Å². The number of aromatic amines is 1. The Kier molecular flexibility index (Phi) is 4.58. The summed E-state index contributed by atoms with van der Waals surface area (Å²) in [4.78, 5) is 20.5. The molecule has 1 aliphatic rings. The zero-order valence-electron chi connectivity index (χ0n) is 12.3. The van der Waals surface area contributed by atoms with Crippen molar-refractivity contribution in [1.82, 2.24) is 15.3 Å². The molecule has 1 aliphatic heterocycles. The van der Waals surface area contributed by atoms with Crippen LogP contribution < -0.4 is 10.6 Å². The first kappa shape index (κ1) is 15.3. The minimum absolute atomic E-state index is 0.578. The van der Waals surface area contributed by atoms with Crippen LogP contribution in [0.2, 0.25) is 0 Å². The Morgan fingerprint density at radius 2 is 2.27 bits per heavy atom. The average Bonchev–Trinajstić information content (AvgIpc) is 3.12. The van der Waals surface area contributed by atoms with Gasteiger partial charge >= 0.3 is 0 Å². The van der Waals surface area contributed by atoms with Gasteiger partial charge in [-0.15, -0.1) is 0 Å². The number of rotatable bonds is 1. The Morgan fingerprint density at radius 3 is 2.86 bits per heavy atom. The van der Waals surface area contributed by atoms with Crippen LogP contribution in [0.3, 0.4) is 0 Å². The van der Waals surface area contributed by atoms with Crippen LogP contribution in [0.15, 0.2) is 17.4 Å². The van der Waals surface area contributed by atoms with E-state index in [9.17, 15) is 0 Å². The molecule has 0 saturated heterocycles. The molecular weight excluding hydrogens is 284 g/mol. The molecule has 0 amide bonds. The quantitative estimate of drug-likeness (QED) is 0.627. The highest BCUT2D eigenvalue weighted by atomic mass is 16.4. The monoisotopic (exact) mass is 300 g/mol. The second kappa shape index (κ2) is 6.58. The molecule has 0 spiro atoms. The lowest BCUT2D eigenvalue weighted by molar-refractivity contribution is -0.134. The van der Waals surface area contributed by atoms with E-state index in [-0.39, 0.29) is 0 Å². The van der Waals surface area contributed by atoms with E-state index in [0.29, 0.717) is 5.56 Å². The van der Waals surface area contributed by atoms with Crippen LogP contribution in [-0.2, 0) is 4.79 Å². The molecule has 2 heterocycles. The van der Waals surface area contributed by atoms with Crippen molar-refractivity contribution in [2.24, 2.45) is 4.99 Å². The fourth-order valence-electron chi connectivity index (χ4n) is 2.06. The van der Waals surface area contributed by atoms with Crippen molar-refractivity contribution in [2.75, 3.05) is 18.4 Å². The van der Waals surface area contributed by atoms with Crippen LogP contribution in [-0.4, -0.2) is 40.1 Å². The number of guanidine groups is 1. The topological polar surface area (TPSA) is 126 Å². The standard InChI is InChI=1S/C12H12N6.C2H4O2/c1-7-9(18-12-14-2-3-15-12)4-8(5-13)11-10(7)16-6-17-11;1-2(3)4/h4,6H,2-3H2,1H3,(H,16,17)(H2,14,15,18);1H3,(H,3,4). The Bertz CT molecular complexity index is 767. The first-order chi connectivity index (χ1) is 10.5. The van der Waals surface area contributed by atoms with Gasteiger partial charge in [-0.25, -0.2) is 4.98 Å². The molecule has 0 aliphatic carbocycles. The summed E-state index contributed by atoms with van der Waals surface area (Å²) in [6.07, 6.45) is 1.60. The van der Waals surface area contributed by atoms with Crippen molar-refractivity contribution >= 4 is 28.6 Å². The van der Waals surface area contributed by atoms with Gasteiger partial charge in [0.15, 0.2) is 5.96 Å². The summed E-state index contributed by atoms with van der Waals surface area (Å²) < 4.78 is 0. The minimum Gasteiger partial charge on any atom is -0.481 e. The zero-order chi connectivity index (χ0) is 16.1. The number of carboxylic acid groups (broad SMARTS) is 1. The third-order valence-electron chi connectivity index (χ3n) is 3.00. The van der Waals surface area contributed by atoms with Crippen molar-refractivity contribution in [3.8, 4) is 6.07 Å². The number of aromatic nitrogens is 2. The van der Waals surface area contributed by atoms with Crippen molar-refractivity contribution in [3.05, 3.63) is 23.5 Å². The van der Waals surface area contributed by atoms with Gasteiger partial charge in [-0.05, 0) is 13.0 Å². The van der Waals surface area contributed by atoms with Gasteiger partial charge in [-0.2, -0.15) is 5.26 Å². The zero-order valence-corrected chi connectivity index (χ0v) is 12.3. The summed E-state index contributed by atoms with van der Waals surface area (Å²) in [7, 11) is 0. The highest BCUT2D eigenvalue weighted by molar-refractivity contribution is 5.99. The summed E-state index contributed by atoms with van der Waals surface area (Å²) in [5, 5.41) is 22.9. The number of nitrogens with zero attached hydrogens (tertiary/aromatic N) is 3. The molecule has 1 aromatic carbocycles. The number of aliphatic imine (C=N–C) groups is 1. The Morgan fingerprint density at radius 1 is 1.55 bits per heavy atom. The maximum absolute atomic E-state index is 9.16. The van der Waals surface area contributed by atoms with E-state index < -0.39 is 5.97 Å². The molecule has 3 rings (SSSR count). The summed E-state index contributed by atoms with van der Waals surface area (Å²) in [5.41, 5.74) is 4.03. The number of benzene rings is 1. The SMILES string of the molecule is CC(=O)O.Cc1c(NC2=NCCN2)cc(C#N)c2[nH]cnc12. The Hall–Kier alpha value is -3.08. The Balaban J connectivity index is 0.000000396. The number of nitrogens with one attached hydrogen (secondary N) is 3. The third kappa shape index (κ3) is 3.32. The van der Waals surface area contributed by atoms with Gasteiger partial charge in [0.1, 0.15) is 6.07 Å². The van der Waals surface area contributed by atoms with Gasteiger partial charge in [0.2, 0.25) is 0 Å². The number of H-pyrrole nitrogens is 1. The summed E-state index contributed by atoms with van der Waals surface area (Å²) >= 11 is 0. The van der Waals surface area contributed by atoms with Gasteiger partial charge in [0.05, 0.1) is 29.5 Å². The van der Waals surface area contributed by atoms with Crippen LogP contribution in [0.25, 0.3) is 11.0 Å². The lowest BCUT2D eigenvalue weighted by Crippen LogP contribution is -2.26. The number of aryl methyl sites for hydroxylation is 1. The molecule has 0 bridgehead atoms. The number of imidazole rings is 1. The highest BCUT2D eigenvalue weighted by Crippen LogP contribution is 2.26. The number of aliphatic carboxylic acids is 1. The molecule has 8 nitrogen and oxygen atoms in total. The lowest BCUT2D eigenvalue weighted by atomic mass is 10.1. The average molecular weight is 300 g/mol. The first-order valence-electron chi connectivity index (χ1n) is 6.64. The van der Waals surface area contributed by atoms with E-state index >= 15 is 0 Å². The number of carboxylic acids is 1. The number of fused-ring (bicyclic) bond motifs is 1. The number of anilines is 1. The van der Waals surface area contributed by atoms with Crippen LogP contribution in [0.4, 0.5) is 5.69 Å². The molecular formula is C14H16N6O2. The normalized spacial score (nSPS) is 12.7.